The van der Waals surface area contributed by atoms with E-state index in [1.54, 1.807) is 34.8 Å². The normalized spacial score (nSPS) is 10.7. The fourth-order valence-electron chi connectivity index (χ4n) is 2.64. The third-order valence-corrected chi connectivity index (χ3v) is 4.13. The van der Waals surface area contributed by atoms with Crippen LogP contribution in [-0.2, 0) is 20.1 Å². The minimum atomic E-state index is -0.405. The van der Waals surface area contributed by atoms with Crippen molar-refractivity contribution in [3.8, 4) is 0 Å². The Morgan fingerprint density at radius 3 is 2.77 bits per heavy atom. The molecule has 0 fully saturated rings. The highest BCUT2D eigenvalue weighted by atomic mass is 19.1. The smallest absolute Gasteiger partial charge is 0.251 e. The molecule has 0 saturated carbocycles. The molecule has 134 valence electrons. The third-order valence-electron chi connectivity index (χ3n) is 4.13. The lowest BCUT2D eigenvalue weighted by Crippen LogP contribution is -2.25. The Kier molecular flexibility index (Phi) is 4.97. The van der Waals surface area contributed by atoms with E-state index in [-0.39, 0.29) is 18.1 Å². The first-order valence-corrected chi connectivity index (χ1v) is 8.18. The largest absolute Gasteiger partial charge is 0.346 e. The van der Waals surface area contributed by atoms with Crippen molar-refractivity contribution in [1.29, 1.82) is 5.41 Å². The summed E-state index contributed by atoms with van der Waals surface area (Å²) in [6, 6.07) is 8.04. The molecule has 7 heteroatoms. The molecule has 0 spiro atoms. The van der Waals surface area contributed by atoms with Crippen molar-refractivity contribution < 1.29 is 9.18 Å². The highest BCUT2D eigenvalue weighted by Crippen LogP contribution is 2.12. The minimum Gasteiger partial charge on any atom is -0.346 e. The van der Waals surface area contributed by atoms with Crippen LogP contribution in [-0.4, -0.2) is 20.0 Å². The molecule has 6 nitrogen and oxygen atoms in total. The predicted octanol–water partition coefficient (Wildman–Crippen LogP) is 2.13. The van der Waals surface area contributed by atoms with Crippen molar-refractivity contribution in [3.05, 3.63) is 82.7 Å². The number of hydrogen-bond acceptors (Lipinski definition) is 3. The number of nitrogens with zero attached hydrogens (tertiary/aromatic N) is 3. The van der Waals surface area contributed by atoms with Gasteiger partial charge in [-0.2, -0.15) is 0 Å². The average molecular weight is 353 g/mol. The monoisotopic (exact) mass is 353 g/mol. The van der Waals surface area contributed by atoms with Gasteiger partial charge in [-0.15, -0.1) is 0 Å². The van der Waals surface area contributed by atoms with Crippen molar-refractivity contribution in [2.45, 2.75) is 20.0 Å². The highest BCUT2D eigenvalue weighted by molar-refractivity contribution is 5.94. The van der Waals surface area contributed by atoms with Crippen molar-refractivity contribution in [2.24, 2.45) is 7.05 Å². The summed E-state index contributed by atoms with van der Waals surface area (Å²) in [4.78, 5) is 16.6. The number of carbonyl (C=O) groups is 1. The van der Waals surface area contributed by atoms with Gasteiger partial charge in [0.25, 0.3) is 5.91 Å². The number of rotatable bonds is 5. The maximum absolute atomic E-state index is 14.1. The zero-order valence-electron chi connectivity index (χ0n) is 14.7. The van der Waals surface area contributed by atoms with Gasteiger partial charge in [0.05, 0.1) is 18.8 Å². The van der Waals surface area contributed by atoms with E-state index in [0.717, 1.165) is 11.3 Å². The first-order valence-electron chi connectivity index (χ1n) is 8.18. The fraction of sp³-hybridized carbons (Fsp3) is 0.211. The molecule has 2 aromatic heterocycles. The molecule has 0 aliphatic rings. The second-order valence-electron chi connectivity index (χ2n) is 6.17. The SMILES string of the molecule is Cc1ccnc(CNC(=O)c2ccc(F)c(Cn3ccn(C)c3=N)c2)c1. The van der Waals surface area contributed by atoms with Crippen LogP contribution in [0.1, 0.15) is 27.2 Å². The van der Waals surface area contributed by atoms with Crippen molar-refractivity contribution in [3.63, 3.8) is 0 Å². The number of amides is 1. The summed E-state index contributed by atoms with van der Waals surface area (Å²) in [5, 5.41) is 10.7. The van der Waals surface area contributed by atoms with Crippen LogP contribution < -0.4 is 10.9 Å². The number of nitrogens with one attached hydrogen (secondary N) is 2. The Hall–Kier alpha value is -3.22. The molecular formula is C19H20FN5O. The van der Waals surface area contributed by atoms with Crippen molar-refractivity contribution in [2.75, 3.05) is 0 Å². The van der Waals surface area contributed by atoms with Crippen molar-refractivity contribution >= 4 is 5.91 Å². The summed E-state index contributed by atoms with van der Waals surface area (Å²) in [5.74, 6) is -0.698. The molecule has 0 bridgehead atoms. The lowest BCUT2D eigenvalue weighted by Gasteiger charge is -2.09. The zero-order chi connectivity index (χ0) is 18.7. The van der Waals surface area contributed by atoms with E-state index in [1.165, 1.54) is 18.2 Å². The van der Waals surface area contributed by atoms with E-state index in [4.69, 9.17) is 5.41 Å². The van der Waals surface area contributed by atoms with Gasteiger partial charge in [-0.05, 0) is 42.8 Å². The number of carbonyl (C=O) groups excluding carboxylic acids is 1. The molecule has 0 radical (unpaired) electrons. The number of halogens is 1. The van der Waals surface area contributed by atoms with Gasteiger partial charge in [-0.25, -0.2) is 4.39 Å². The van der Waals surface area contributed by atoms with Crippen LogP contribution in [0.2, 0.25) is 0 Å². The van der Waals surface area contributed by atoms with Crippen LogP contribution in [0.15, 0.2) is 48.9 Å². The van der Waals surface area contributed by atoms with Gasteiger partial charge in [0.15, 0.2) is 0 Å². The van der Waals surface area contributed by atoms with E-state index in [9.17, 15) is 9.18 Å². The van der Waals surface area contributed by atoms with Gasteiger partial charge >= 0.3 is 0 Å². The van der Waals surface area contributed by atoms with E-state index in [2.05, 4.69) is 10.3 Å². The summed E-state index contributed by atoms with van der Waals surface area (Å²) < 4.78 is 17.4. The molecule has 0 atom stereocenters. The number of benzene rings is 1. The van der Waals surface area contributed by atoms with Gasteiger partial charge in [0, 0.05) is 36.8 Å². The maximum atomic E-state index is 14.1. The molecule has 26 heavy (non-hydrogen) atoms. The molecule has 0 aliphatic heterocycles. The van der Waals surface area contributed by atoms with Gasteiger partial charge in [-0.1, -0.05) is 0 Å². The molecule has 1 aromatic carbocycles. The minimum absolute atomic E-state index is 0.187. The van der Waals surface area contributed by atoms with Crippen LogP contribution in [0.5, 0.6) is 0 Å². The Bertz CT molecular complexity index is 1010. The molecule has 0 saturated heterocycles. The standard InChI is InChI=1S/C19H20FN5O/c1-13-5-6-22-16(9-13)11-23-18(26)14-3-4-17(20)15(10-14)12-25-8-7-24(2)19(25)21/h3-10,21H,11-12H2,1-2H3,(H,23,26). The van der Waals surface area contributed by atoms with E-state index >= 15 is 0 Å². The van der Waals surface area contributed by atoms with Crippen LogP contribution in [0, 0.1) is 18.2 Å². The average Bonchev–Trinajstić information content (AvgIpc) is 2.93. The summed E-state index contributed by atoms with van der Waals surface area (Å²) in [5.41, 5.74) is 2.82. The number of aryl methyl sites for hydroxylation is 2. The molecule has 2 N–H and O–H groups in total. The lowest BCUT2D eigenvalue weighted by molar-refractivity contribution is 0.0950. The number of imidazole rings is 1. The molecule has 0 unspecified atom stereocenters. The van der Waals surface area contributed by atoms with Crippen LogP contribution in [0.4, 0.5) is 4.39 Å². The number of aromatic nitrogens is 3. The van der Waals surface area contributed by atoms with Crippen LogP contribution in [0.3, 0.4) is 0 Å². The summed E-state index contributed by atoms with van der Waals surface area (Å²) in [7, 11) is 1.75. The quantitative estimate of drug-likeness (QED) is 0.737. The van der Waals surface area contributed by atoms with Crippen LogP contribution >= 0.6 is 0 Å². The summed E-state index contributed by atoms with van der Waals surface area (Å²) >= 11 is 0. The number of pyridine rings is 1. The molecular weight excluding hydrogens is 333 g/mol. The zero-order valence-corrected chi connectivity index (χ0v) is 14.7. The number of hydrogen-bond donors (Lipinski definition) is 2. The first kappa shape index (κ1) is 17.6. The first-order chi connectivity index (χ1) is 12.4. The molecule has 0 aliphatic carbocycles. The Morgan fingerprint density at radius 2 is 2.08 bits per heavy atom. The van der Waals surface area contributed by atoms with Gasteiger partial charge in [0.2, 0.25) is 5.62 Å². The van der Waals surface area contributed by atoms with E-state index in [1.807, 2.05) is 19.1 Å². The summed E-state index contributed by atoms with van der Waals surface area (Å²) in [6.07, 6.45) is 5.13. The van der Waals surface area contributed by atoms with Gasteiger partial charge in [-0.3, -0.25) is 15.2 Å². The highest BCUT2D eigenvalue weighted by Gasteiger charge is 2.11. The van der Waals surface area contributed by atoms with Gasteiger partial charge in [0.1, 0.15) is 5.82 Å². The second-order valence-corrected chi connectivity index (χ2v) is 6.17. The van der Waals surface area contributed by atoms with Crippen LogP contribution in [0.25, 0.3) is 0 Å². The lowest BCUT2D eigenvalue weighted by atomic mass is 10.1. The molecule has 3 aromatic rings. The fourth-order valence-corrected chi connectivity index (χ4v) is 2.64. The summed E-state index contributed by atoms with van der Waals surface area (Å²) in [6.45, 7) is 2.45. The van der Waals surface area contributed by atoms with E-state index < -0.39 is 5.82 Å². The predicted molar refractivity (Wildman–Crippen MR) is 94.9 cm³/mol. The van der Waals surface area contributed by atoms with Gasteiger partial charge < -0.3 is 14.5 Å². The Morgan fingerprint density at radius 1 is 1.27 bits per heavy atom. The van der Waals surface area contributed by atoms with E-state index in [0.29, 0.717) is 17.7 Å². The van der Waals surface area contributed by atoms with Crippen molar-refractivity contribution in [1.82, 2.24) is 19.4 Å². The molecule has 1 amide bonds. The topological polar surface area (TPSA) is 75.7 Å². The third kappa shape index (κ3) is 3.88. The second kappa shape index (κ2) is 7.35. The Labute approximate surface area is 150 Å². The molecule has 2 heterocycles. The Balaban J connectivity index is 1.75. The molecule has 3 rings (SSSR count). The maximum Gasteiger partial charge on any atom is 0.251 e.